The maximum atomic E-state index is 15.2. The van der Waals surface area contributed by atoms with E-state index in [2.05, 4.69) is 0 Å². The zero-order chi connectivity index (χ0) is 33.3. The smallest absolute Gasteiger partial charge is 0.238 e. The van der Waals surface area contributed by atoms with Gasteiger partial charge in [-0.15, -0.1) is 0 Å². The highest BCUT2D eigenvalue weighted by Gasteiger charge is 2.66. The van der Waals surface area contributed by atoms with E-state index in [9.17, 15) is 24.3 Å². The molecule has 1 N–H and O–H groups in total. The molecular weight excluding hydrogens is 629 g/mol. The Labute approximate surface area is 281 Å². The molecule has 3 aliphatic carbocycles. The highest BCUT2D eigenvalue weighted by Crippen LogP contribution is 2.64. The van der Waals surface area contributed by atoms with E-state index in [1.165, 1.54) is 17.0 Å². The first-order chi connectivity index (χ1) is 23.2. The Balaban J connectivity index is 1.37. The van der Waals surface area contributed by atoms with Crippen molar-refractivity contribution in [1.29, 1.82) is 0 Å². The molecule has 4 aliphatic rings. The van der Waals surface area contributed by atoms with Crippen LogP contribution < -0.4 is 4.90 Å². The van der Waals surface area contributed by atoms with Crippen molar-refractivity contribution in [2.45, 2.75) is 24.2 Å². The van der Waals surface area contributed by atoms with Crippen LogP contribution in [-0.2, 0) is 24.6 Å². The first kappa shape index (κ1) is 30.2. The lowest BCUT2D eigenvalue weighted by molar-refractivity contribution is -0.135. The van der Waals surface area contributed by atoms with Gasteiger partial charge in [0.05, 0.1) is 22.9 Å². The van der Waals surface area contributed by atoms with Crippen LogP contribution >= 0.6 is 11.6 Å². The second-order valence-electron chi connectivity index (χ2n) is 13.0. The van der Waals surface area contributed by atoms with E-state index < -0.39 is 52.5 Å². The molecule has 1 saturated heterocycles. The lowest BCUT2D eigenvalue weighted by atomic mass is 9.44. The Morgan fingerprint density at radius 1 is 0.792 bits per heavy atom. The quantitative estimate of drug-likeness (QED) is 0.185. The number of fused-ring (bicyclic) bond motifs is 4. The molecule has 1 aliphatic heterocycles. The van der Waals surface area contributed by atoms with Crippen molar-refractivity contribution in [2.24, 2.45) is 23.7 Å². The van der Waals surface area contributed by atoms with Crippen LogP contribution in [0.1, 0.15) is 35.4 Å². The number of hydrogen-bond acceptors (Lipinski definition) is 5. The van der Waals surface area contributed by atoms with Gasteiger partial charge in [-0.2, -0.15) is 0 Å². The molecule has 1 heterocycles. The van der Waals surface area contributed by atoms with Crippen LogP contribution in [0.2, 0.25) is 5.02 Å². The molecule has 0 spiro atoms. The standard InChI is InChI=1S/C40H29ClFNO5/c41-24-14-16-25(17-15-24)43-38(47)27-19-18-26-30(34(27)39(43)48)20-31-36(45)29(22-8-3-1-4-9-22)21-33(44)40(31,23-10-5-2-6-11-23)35(26)28-12-7-13-32(42)37(28)46/h1-18,21,27,30-31,34-35,46H,19-20H2/t27-,30+,31-,34-,35+,40-/m0/s1. The maximum Gasteiger partial charge on any atom is 0.238 e. The summed E-state index contributed by atoms with van der Waals surface area (Å²) in [6.45, 7) is 0. The number of benzene rings is 4. The molecule has 0 unspecified atom stereocenters. The number of hydrogen-bond donors (Lipinski definition) is 1. The Kier molecular flexibility index (Phi) is 7.07. The Morgan fingerprint density at radius 2 is 1.48 bits per heavy atom. The van der Waals surface area contributed by atoms with Gasteiger partial charge < -0.3 is 5.11 Å². The summed E-state index contributed by atoms with van der Waals surface area (Å²) in [5.41, 5.74) is 1.05. The van der Waals surface area contributed by atoms with Crippen molar-refractivity contribution in [3.63, 3.8) is 0 Å². The third-order valence-electron chi connectivity index (χ3n) is 10.8. The predicted molar refractivity (Wildman–Crippen MR) is 179 cm³/mol. The zero-order valence-electron chi connectivity index (χ0n) is 25.6. The zero-order valence-corrected chi connectivity index (χ0v) is 26.3. The van der Waals surface area contributed by atoms with Gasteiger partial charge in [-0.3, -0.25) is 24.1 Å². The SMILES string of the molecule is O=C1C(c2ccccc2)=CC(=O)[C@@]2(c3ccccc3)[C@@H](c3cccc(F)c3O)C3=CC[C@@H]4C(=O)N(c5ccc(Cl)cc5)C(=O)[C@@H]4[C@@H]3C[C@@H]12. The summed E-state index contributed by atoms with van der Waals surface area (Å²) in [5.74, 6) is -6.99. The molecule has 2 fully saturated rings. The number of allylic oxidation sites excluding steroid dienone is 4. The fraction of sp³-hybridized carbons (Fsp3) is 0.200. The number of amides is 2. The van der Waals surface area contributed by atoms with Gasteiger partial charge in [-0.25, -0.2) is 4.39 Å². The lowest BCUT2D eigenvalue weighted by Crippen LogP contribution is -2.58. The summed E-state index contributed by atoms with van der Waals surface area (Å²) < 4.78 is 15.2. The normalized spacial score (nSPS) is 28.0. The van der Waals surface area contributed by atoms with Crippen LogP contribution in [0.15, 0.2) is 121 Å². The van der Waals surface area contributed by atoms with Crippen LogP contribution in [0.3, 0.4) is 0 Å². The molecule has 6 atom stereocenters. The van der Waals surface area contributed by atoms with E-state index in [1.54, 1.807) is 78.9 Å². The van der Waals surface area contributed by atoms with E-state index in [1.807, 2.05) is 18.2 Å². The van der Waals surface area contributed by atoms with Crippen molar-refractivity contribution in [3.8, 4) is 5.75 Å². The van der Waals surface area contributed by atoms with E-state index in [0.29, 0.717) is 27.4 Å². The van der Waals surface area contributed by atoms with Crippen LogP contribution in [-0.4, -0.2) is 28.5 Å². The Morgan fingerprint density at radius 3 is 2.19 bits per heavy atom. The van der Waals surface area contributed by atoms with Crippen molar-refractivity contribution < 1.29 is 28.7 Å². The number of halogens is 2. The fourth-order valence-corrected chi connectivity index (χ4v) is 8.95. The summed E-state index contributed by atoms with van der Waals surface area (Å²) in [7, 11) is 0. The van der Waals surface area contributed by atoms with Crippen LogP contribution in [0.25, 0.3) is 5.57 Å². The Hall–Kier alpha value is -5.14. The van der Waals surface area contributed by atoms with E-state index in [-0.39, 0.29) is 41.5 Å². The minimum atomic E-state index is -1.56. The fourth-order valence-electron chi connectivity index (χ4n) is 8.83. The topological polar surface area (TPSA) is 91.8 Å². The molecule has 48 heavy (non-hydrogen) atoms. The van der Waals surface area contributed by atoms with Gasteiger partial charge in [-0.1, -0.05) is 96.0 Å². The maximum absolute atomic E-state index is 15.2. The van der Waals surface area contributed by atoms with Crippen LogP contribution in [0.5, 0.6) is 5.75 Å². The molecule has 8 rings (SSSR count). The average Bonchev–Trinajstić information content (AvgIpc) is 3.37. The highest BCUT2D eigenvalue weighted by molar-refractivity contribution is 6.32. The van der Waals surface area contributed by atoms with Gasteiger partial charge >= 0.3 is 0 Å². The number of carbonyl (C=O) groups excluding carboxylic acids is 4. The molecule has 0 aromatic heterocycles. The van der Waals surface area contributed by atoms with Gasteiger partial charge in [0.25, 0.3) is 0 Å². The third kappa shape index (κ3) is 4.23. The summed E-state index contributed by atoms with van der Waals surface area (Å²) in [6.07, 6.45) is 3.59. The number of aromatic hydroxyl groups is 1. The molecule has 4 aromatic rings. The lowest BCUT2D eigenvalue weighted by Gasteiger charge is -2.55. The largest absolute Gasteiger partial charge is 0.505 e. The molecule has 2 amide bonds. The summed E-state index contributed by atoms with van der Waals surface area (Å²) >= 11 is 6.10. The Bertz CT molecular complexity index is 2080. The molecule has 6 nitrogen and oxygen atoms in total. The molecule has 1 saturated carbocycles. The molecule has 0 radical (unpaired) electrons. The van der Waals surface area contributed by atoms with Gasteiger partial charge in [-0.05, 0) is 66.3 Å². The molecule has 4 aromatic carbocycles. The number of Topliss-reactive ketones (excluding diaryl/α,β-unsaturated/α-hetero) is 1. The van der Waals surface area contributed by atoms with Crippen molar-refractivity contribution in [3.05, 3.63) is 148 Å². The predicted octanol–water partition coefficient (Wildman–Crippen LogP) is 7.21. The van der Waals surface area contributed by atoms with Gasteiger partial charge in [0.15, 0.2) is 23.1 Å². The molecule has 0 bridgehead atoms. The number of ketones is 2. The first-order valence-electron chi connectivity index (χ1n) is 16.0. The summed E-state index contributed by atoms with van der Waals surface area (Å²) in [6, 6.07) is 28.6. The third-order valence-corrected chi connectivity index (χ3v) is 11.0. The second kappa shape index (κ2) is 11.2. The number of imide groups is 1. The van der Waals surface area contributed by atoms with Crippen molar-refractivity contribution in [1.82, 2.24) is 0 Å². The van der Waals surface area contributed by atoms with E-state index in [4.69, 9.17) is 11.6 Å². The summed E-state index contributed by atoms with van der Waals surface area (Å²) in [5, 5.41) is 11.8. The number of anilines is 1. The molecule has 238 valence electrons. The molecule has 8 heteroatoms. The minimum absolute atomic E-state index is 0.108. The number of para-hydroxylation sites is 1. The monoisotopic (exact) mass is 657 g/mol. The van der Waals surface area contributed by atoms with Crippen LogP contribution in [0, 0.1) is 29.5 Å². The number of rotatable bonds is 4. The second-order valence-corrected chi connectivity index (χ2v) is 13.4. The average molecular weight is 658 g/mol. The van der Waals surface area contributed by atoms with Gasteiger partial charge in [0, 0.05) is 28.0 Å². The van der Waals surface area contributed by atoms with Gasteiger partial charge in [0.1, 0.15) is 0 Å². The number of carbonyl (C=O) groups is 4. The van der Waals surface area contributed by atoms with E-state index >= 15 is 4.39 Å². The van der Waals surface area contributed by atoms with Crippen LogP contribution in [0.4, 0.5) is 10.1 Å². The minimum Gasteiger partial charge on any atom is -0.505 e. The van der Waals surface area contributed by atoms with Gasteiger partial charge in [0.2, 0.25) is 11.8 Å². The number of phenolic OH excluding ortho intramolecular Hbond substituents is 1. The van der Waals surface area contributed by atoms with Crippen molar-refractivity contribution in [2.75, 3.05) is 4.90 Å². The first-order valence-corrected chi connectivity index (χ1v) is 16.3. The van der Waals surface area contributed by atoms with Crippen molar-refractivity contribution >= 4 is 46.2 Å². The highest BCUT2D eigenvalue weighted by atomic mass is 35.5. The molecular formula is C40H29ClFNO5. The van der Waals surface area contributed by atoms with E-state index in [0.717, 1.165) is 6.07 Å². The number of phenols is 1. The number of nitrogens with zero attached hydrogens (tertiary/aromatic N) is 1. The summed E-state index contributed by atoms with van der Waals surface area (Å²) in [4.78, 5) is 59.3.